The summed E-state index contributed by atoms with van der Waals surface area (Å²) in [5.74, 6) is -0.303. The Balaban J connectivity index is 2.11. The molecule has 4 nitrogen and oxygen atoms in total. The lowest BCUT2D eigenvalue weighted by molar-refractivity contribution is 0.0950. The van der Waals surface area contributed by atoms with Gasteiger partial charge in [-0.2, -0.15) is 5.10 Å². The Morgan fingerprint density at radius 2 is 1.89 bits per heavy atom. The Kier molecular flexibility index (Phi) is 4.39. The van der Waals surface area contributed by atoms with Gasteiger partial charge in [-0.1, -0.05) is 43.3 Å². The van der Waals surface area contributed by atoms with Crippen molar-refractivity contribution in [2.75, 3.05) is 0 Å². The minimum absolute atomic E-state index is 0.303. The van der Waals surface area contributed by atoms with Crippen molar-refractivity contribution in [3.8, 4) is 0 Å². The van der Waals surface area contributed by atoms with Crippen LogP contribution in [0.25, 0.3) is 0 Å². The summed E-state index contributed by atoms with van der Waals surface area (Å²) in [6, 6.07) is 15.0. The van der Waals surface area contributed by atoms with Crippen LogP contribution in [0.3, 0.4) is 0 Å². The summed E-state index contributed by atoms with van der Waals surface area (Å²) in [5, 5.41) is 4.17. The van der Waals surface area contributed by atoms with Crippen molar-refractivity contribution in [3.05, 3.63) is 66.0 Å². The number of amides is 1. The molecule has 2 aromatic rings. The quantitative estimate of drug-likeness (QED) is 0.672. The molecular weight excluding hydrogens is 238 g/mol. The van der Waals surface area contributed by atoms with Gasteiger partial charge in [0, 0.05) is 6.20 Å². The molecule has 0 fully saturated rings. The third kappa shape index (κ3) is 3.48. The summed E-state index contributed by atoms with van der Waals surface area (Å²) in [6.07, 6.45) is 2.32. The fourth-order valence-corrected chi connectivity index (χ4v) is 1.65. The van der Waals surface area contributed by atoms with Gasteiger partial charge in [0.15, 0.2) is 0 Å². The summed E-state index contributed by atoms with van der Waals surface area (Å²) >= 11 is 0. The van der Waals surface area contributed by atoms with Crippen LogP contribution in [-0.4, -0.2) is 16.6 Å². The molecule has 1 amide bonds. The van der Waals surface area contributed by atoms with E-state index in [1.807, 2.05) is 37.3 Å². The molecule has 2 rings (SSSR count). The monoisotopic (exact) mass is 253 g/mol. The Labute approximate surface area is 112 Å². The molecule has 0 unspecified atom stereocenters. The van der Waals surface area contributed by atoms with Crippen LogP contribution >= 0.6 is 0 Å². The van der Waals surface area contributed by atoms with Crippen molar-refractivity contribution >= 4 is 11.6 Å². The first-order valence-electron chi connectivity index (χ1n) is 6.14. The second-order valence-corrected chi connectivity index (χ2v) is 3.93. The molecule has 1 N–H and O–H groups in total. The van der Waals surface area contributed by atoms with E-state index in [0.29, 0.717) is 5.69 Å². The zero-order chi connectivity index (χ0) is 13.5. The second-order valence-electron chi connectivity index (χ2n) is 3.93. The molecule has 0 atom stereocenters. The Morgan fingerprint density at radius 3 is 2.53 bits per heavy atom. The number of rotatable bonds is 4. The number of carbonyl (C=O) groups excluding carboxylic acids is 1. The van der Waals surface area contributed by atoms with Crippen molar-refractivity contribution in [1.29, 1.82) is 0 Å². The van der Waals surface area contributed by atoms with Crippen LogP contribution in [0.1, 0.15) is 29.4 Å². The smallest absolute Gasteiger partial charge is 0.266 e. The first-order valence-corrected chi connectivity index (χ1v) is 6.14. The van der Waals surface area contributed by atoms with Gasteiger partial charge in [-0.15, -0.1) is 0 Å². The molecule has 0 saturated carbocycles. The molecule has 0 aliphatic rings. The molecule has 1 aromatic heterocycles. The average Bonchev–Trinajstić information content (AvgIpc) is 2.49. The molecule has 4 heteroatoms. The lowest BCUT2D eigenvalue weighted by atomic mass is 10.1. The van der Waals surface area contributed by atoms with Crippen LogP contribution in [0.5, 0.6) is 0 Å². The normalized spacial score (nSPS) is 11.1. The molecule has 19 heavy (non-hydrogen) atoms. The van der Waals surface area contributed by atoms with Crippen LogP contribution in [0, 0.1) is 0 Å². The lowest BCUT2D eigenvalue weighted by Crippen LogP contribution is -2.20. The maximum Gasteiger partial charge on any atom is 0.289 e. The maximum atomic E-state index is 11.8. The topological polar surface area (TPSA) is 54.4 Å². The minimum atomic E-state index is -0.303. The van der Waals surface area contributed by atoms with E-state index >= 15 is 0 Å². The van der Waals surface area contributed by atoms with E-state index in [0.717, 1.165) is 17.7 Å². The van der Waals surface area contributed by atoms with E-state index in [9.17, 15) is 4.79 Å². The van der Waals surface area contributed by atoms with Gasteiger partial charge in [-0.25, -0.2) is 5.43 Å². The molecule has 0 aliphatic heterocycles. The van der Waals surface area contributed by atoms with Gasteiger partial charge in [-0.3, -0.25) is 9.78 Å². The van der Waals surface area contributed by atoms with Crippen molar-refractivity contribution in [2.24, 2.45) is 5.10 Å². The number of nitrogens with zero attached hydrogens (tertiary/aromatic N) is 2. The fourth-order valence-electron chi connectivity index (χ4n) is 1.65. The number of hydrogen-bond donors (Lipinski definition) is 1. The van der Waals surface area contributed by atoms with E-state index in [4.69, 9.17) is 0 Å². The number of hydrazone groups is 1. The first kappa shape index (κ1) is 13.0. The van der Waals surface area contributed by atoms with Crippen LogP contribution in [-0.2, 0) is 0 Å². The van der Waals surface area contributed by atoms with E-state index in [1.165, 1.54) is 0 Å². The van der Waals surface area contributed by atoms with Crippen LogP contribution < -0.4 is 5.43 Å². The summed E-state index contributed by atoms with van der Waals surface area (Å²) in [7, 11) is 0. The molecule has 1 aromatic carbocycles. The summed E-state index contributed by atoms with van der Waals surface area (Å²) in [5.41, 5.74) is 4.73. The summed E-state index contributed by atoms with van der Waals surface area (Å²) in [6.45, 7) is 2.00. The number of nitrogens with one attached hydrogen (secondary N) is 1. The first-order chi connectivity index (χ1) is 9.31. The molecule has 0 saturated heterocycles. The summed E-state index contributed by atoms with van der Waals surface area (Å²) in [4.78, 5) is 15.8. The third-order valence-electron chi connectivity index (χ3n) is 2.63. The second kappa shape index (κ2) is 6.44. The zero-order valence-corrected chi connectivity index (χ0v) is 10.7. The largest absolute Gasteiger partial charge is 0.289 e. The van der Waals surface area contributed by atoms with Gasteiger partial charge in [0.25, 0.3) is 5.91 Å². The van der Waals surface area contributed by atoms with Crippen molar-refractivity contribution in [1.82, 2.24) is 10.4 Å². The predicted octanol–water partition coefficient (Wildman–Crippen LogP) is 2.63. The number of aromatic nitrogens is 1. The standard InChI is InChI=1S/C15H15N3O/c1-2-13(12-8-4-3-5-9-12)17-18-15(19)14-10-6-7-11-16-14/h3-11H,2H2,1H3,(H,18,19)/b17-13-. The minimum Gasteiger partial charge on any atom is -0.266 e. The number of benzene rings is 1. The Bertz CT molecular complexity index is 564. The zero-order valence-electron chi connectivity index (χ0n) is 10.7. The van der Waals surface area contributed by atoms with Gasteiger partial charge >= 0.3 is 0 Å². The highest BCUT2D eigenvalue weighted by atomic mass is 16.2. The highest BCUT2D eigenvalue weighted by Crippen LogP contribution is 2.04. The van der Waals surface area contributed by atoms with Gasteiger partial charge in [0.05, 0.1) is 5.71 Å². The van der Waals surface area contributed by atoms with Gasteiger partial charge < -0.3 is 0 Å². The third-order valence-corrected chi connectivity index (χ3v) is 2.63. The summed E-state index contributed by atoms with van der Waals surface area (Å²) < 4.78 is 0. The van der Waals surface area contributed by atoms with E-state index in [2.05, 4.69) is 15.5 Å². The molecule has 0 radical (unpaired) electrons. The fraction of sp³-hybridized carbons (Fsp3) is 0.133. The number of hydrogen-bond acceptors (Lipinski definition) is 3. The maximum absolute atomic E-state index is 11.8. The van der Waals surface area contributed by atoms with Gasteiger partial charge in [-0.05, 0) is 24.1 Å². The van der Waals surface area contributed by atoms with Crippen molar-refractivity contribution in [2.45, 2.75) is 13.3 Å². The molecule has 0 spiro atoms. The molecule has 96 valence electrons. The average molecular weight is 253 g/mol. The van der Waals surface area contributed by atoms with Gasteiger partial charge in [0.1, 0.15) is 5.69 Å². The van der Waals surface area contributed by atoms with Crippen LogP contribution in [0.15, 0.2) is 59.8 Å². The molecule has 0 bridgehead atoms. The highest BCUT2D eigenvalue weighted by molar-refractivity contribution is 6.01. The Morgan fingerprint density at radius 1 is 1.16 bits per heavy atom. The lowest BCUT2D eigenvalue weighted by Gasteiger charge is -2.04. The van der Waals surface area contributed by atoms with Crippen molar-refractivity contribution in [3.63, 3.8) is 0 Å². The van der Waals surface area contributed by atoms with E-state index in [1.54, 1.807) is 24.4 Å². The number of carbonyl (C=O) groups is 1. The van der Waals surface area contributed by atoms with Gasteiger partial charge in [0.2, 0.25) is 0 Å². The van der Waals surface area contributed by atoms with Crippen molar-refractivity contribution < 1.29 is 4.79 Å². The van der Waals surface area contributed by atoms with Crippen LogP contribution in [0.2, 0.25) is 0 Å². The highest BCUT2D eigenvalue weighted by Gasteiger charge is 2.06. The predicted molar refractivity (Wildman–Crippen MR) is 75.0 cm³/mol. The van der Waals surface area contributed by atoms with Crippen LogP contribution in [0.4, 0.5) is 0 Å². The SMILES string of the molecule is CC/C(=N/NC(=O)c1ccccn1)c1ccccc1. The Hall–Kier alpha value is -2.49. The van der Waals surface area contributed by atoms with E-state index < -0.39 is 0 Å². The number of pyridine rings is 1. The molecular formula is C15H15N3O. The molecule has 0 aliphatic carbocycles. The molecule has 1 heterocycles. The van der Waals surface area contributed by atoms with E-state index in [-0.39, 0.29) is 5.91 Å².